The smallest absolute Gasteiger partial charge is 0.306 e. The highest BCUT2D eigenvalue weighted by Crippen LogP contribution is 2.15. The number of allylic oxidation sites excluding steroid dienone is 12. The van der Waals surface area contributed by atoms with Crippen molar-refractivity contribution in [3.63, 3.8) is 0 Å². The molecule has 0 saturated carbocycles. The minimum atomic E-state index is -0.563. The van der Waals surface area contributed by atoms with Gasteiger partial charge in [0.1, 0.15) is 6.61 Å². The highest BCUT2D eigenvalue weighted by molar-refractivity contribution is 5.70. The highest BCUT2D eigenvalue weighted by Gasteiger charge is 2.17. The molecule has 0 bridgehead atoms. The molecule has 0 amide bonds. The first kappa shape index (κ1) is 59.3. The van der Waals surface area contributed by atoms with Gasteiger partial charge in [0.05, 0.1) is 6.61 Å². The van der Waals surface area contributed by atoms with Crippen molar-refractivity contribution in [3.8, 4) is 0 Å². The Labute approximate surface area is 385 Å². The molecule has 0 heterocycles. The van der Waals surface area contributed by atoms with Crippen LogP contribution in [0.15, 0.2) is 72.9 Å². The fourth-order valence-corrected chi connectivity index (χ4v) is 7.30. The molecule has 1 unspecified atom stereocenters. The Morgan fingerprint density at radius 3 is 1.19 bits per heavy atom. The van der Waals surface area contributed by atoms with Gasteiger partial charge in [-0.1, -0.05) is 222 Å². The third kappa shape index (κ3) is 50.0. The van der Waals surface area contributed by atoms with Crippen LogP contribution in [0.25, 0.3) is 0 Å². The van der Waals surface area contributed by atoms with Crippen molar-refractivity contribution in [1.29, 1.82) is 0 Å². The van der Waals surface area contributed by atoms with Gasteiger partial charge in [0.25, 0.3) is 0 Å². The molecule has 0 N–H and O–H groups in total. The van der Waals surface area contributed by atoms with Crippen LogP contribution in [-0.4, -0.2) is 37.9 Å². The minimum Gasteiger partial charge on any atom is -0.462 e. The van der Waals surface area contributed by atoms with Crippen LogP contribution < -0.4 is 0 Å². The summed E-state index contributed by atoms with van der Waals surface area (Å²) < 4.78 is 17.4. The zero-order chi connectivity index (χ0) is 44.9. The van der Waals surface area contributed by atoms with Gasteiger partial charge in [-0.15, -0.1) is 0 Å². The van der Waals surface area contributed by atoms with E-state index in [1.807, 2.05) is 0 Å². The average molecular weight is 865 g/mol. The molecule has 0 aromatic rings. The van der Waals surface area contributed by atoms with Gasteiger partial charge in [-0.3, -0.25) is 9.59 Å². The van der Waals surface area contributed by atoms with Gasteiger partial charge in [-0.05, 0) is 89.9 Å². The first-order valence-corrected chi connectivity index (χ1v) is 26.5. The van der Waals surface area contributed by atoms with Crippen LogP contribution in [0.3, 0.4) is 0 Å². The van der Waals surface area contributed by atoms with Crippen molar-refractivity contribution in [2.75, 3.05) is 19.8 Å². The fourth-order valence-electron chi connectivity index (χ4n) is 7.30. The summed E-state index contributed by atoms with van der Waals surface area (Å²) in [7, 11) is 0. The maximum Gasteiger partial charge on any atom is 0.306 e. The van der Waals surface area contributed by atoms with E-state index in [0.29, 0.717) is 19.4 Å². The van der Waals surface area contributed by atoms with E-state index in [0.717, 1.165) is 89.9 Å². The first-order valence-electron chi connectivity index (χ1n) is 26.5. The molecule has 0 aliphatic rings. The van der Waals surface area contributed by atoms with Crippen LogP contribution in [0.2, 0.25) is 0 Å². The molecule has 0 fully saturated rings. The Bertz CT molecular complexity index is 1110. The number of carbonyl (C=O) groups is 2. The number of hydrogen-bond acceptors (Lipinski definition) is 5. The van der Waals surface area contributed by atoms with Gasteiger partial charge in [0, 0.05) is 19.4 Å². The van der Waals surface area contributed by atoms with Crippen molar-refractivity contribution in [1.82, 2.24) is 0 Å². The molecule has 0 spiro atoms. The number of hydrogen-bond donors (Lipinski definition) is 0. The molecule has 0 saturated heterocycles. The van der Waals surface area contributed by atoms with E-state index in [9.17, 15) is 9.59 Å². The van der Waals surface area contributed by atoms with Crippen LogP contribution in [0, 0.1) is 0 Å². The molecule has 0 rings (SSSR count). The van der Waals surface area contributed by atoms with Gasteiger partial charge in [-0.2, -0.15) is 0 Å². The van der Waals surface area contributed by atoms with E-state index < -0.39 is 6.10 Å². The Kier molecular flexibility index (Phi) is 50.4. The van der Waals surface area contributed by atoms with E-state index in [-0.39, 0.29) is 25.2 Å². The maximum absolute atomic E-state index is 12.8. The summed E-state index contributed by atoms with van der Waals surface area (Å²) in [5, 5.41) is 0. The Morgan fingerprint density at radius 2 is 0.726 bits per heavy atom. The summed E-state index contributed by atoms with van der Waals surface area (Å²) in [6.45, 7) is 7.61. The topological polar surface area (TPSA) is 61.8 Å². The number of carbonyl (C=O) groups excluding carboxylic acids is 2. The first-order chi connectivity index (χ1) is 30.6. The molecule has 0 aliphatic carbocycles. The summed E-state index contributed by atoms with van der Waals surface area (Å²) in [5.41, 5.74) is 0. The number of ether oxygens (including phenoxy) is 3. The predicted molar refractivity (Wildman–Crippen MR) is 270 cm³/mol. The van der Waals surface area contributed by atoms with E-state index >= 15 is 0 Å². The standard InChI is InChI=1S/C57H100O5/c1-4-7-10-13-16-19-22-25-27-28-29-31-34-37-40-43-46-49-52-60-53-55(62-57(59)51-48-45-42-39-36-32-24-21-18-15-12-9-6-3)54-61-56(58)50-47-44-41-38-35-33-30-26-23-20-17-14-11-8-5-2/h7,10,16,19,21,24-25,27,29,31,37,40,55H,4-6,8-9,11-15,17-18,20,22-23,26,28,30,32-36,38-39,41-54H2,1-3H3/b10-7-,19-16-,24-21-,27-25-,31-29-,40-37-. The lowest BCUT2D eigenvalue weighted by Gasteiger charge is -2.18. The van der Waals surface area contributed by atoms with E-state index in [1.165, 1.54) is 128 Å². The molecule has 5 heteroatoms. The zero-order valence-electron chi connectivity index (χ0n) is 41.1. The SMILES string of the molecule is CC/C=C\C/C=C\C/C=C\C/C=C\C/C=C\CCCCOCC(COC(=O)CCCCCCCCCCCCCCCCC)OC(=O)CCCCCCC/C=C\CCCCCC. The number of esters is 2. The maximum atomic E-state index is 12.8. The second kappa shape index (κ2) is 52.7. The summed E-state index contributed by atoms with van der Waals surface area (Å²) in [6, 6.07) is 0. The van der Waals surface area contributed by atoms with Crippen LogP contribution in [0.4, 0.5) is 0 Å². The molecule has 0 aliphatic heterocycles. The molecule has 0 aromatic heterocycles. The number of unbranched alkanes of at least 4 members (excludes halogenated alkanes) is 25. The lowest BCUT2D eigenvalue weighted by atomic mass is 10.0. The van der Waals surface area contributed by atoms with Gasteiger partial charge in [0.2, 0.25) is 0 Å². The third-order valence-electron chi connectivity index (χ3n) is 11.2. The quantitative estimate of drug-likeness (QED) is 0.0346. The molecule has 1 atom stereocenters. The van der Waals surface area contributed by atoms with Crippen molar-refractivity contribution in [3.05, 3.63) is 72.9 Å². The van der Waals surface area contributed by atoms with E-state index in [2.05, 4.69) is 93.7 Å². The van der Waals surface area contributed by atoms with Gasteiger partial charge >= 0.3 is 11.9 Å². The lowest BCUT2D eigenvalue weighted by Crippen LogP contribution is -2.30. The van der Waals surface area contributed by atoms with Crippen LogP contribution in [0.1, 0.15) is 252 Å². The third-order valence-corrected chi connectivity index (χ3v) is 11.2. The molecule has 0 radical (unpaired) electrons. The fraction of sp³-hybridized carbons (Fsp3) is 0.754. The molecule has 5 nitrogen and oxygen atoms in total. The molecule has 62 heavy (non-hydrogen) atoms. The monoisotopic (exact) mass is 865 g/mol. The Hall–Kier alpha value is -2.66. The predicted octanol–water partition coefficient (Wildman–Crippen LogP) is 17.9. The molecule has 0 aromatic carbocycles. The van der Waals surface area contributed by atoms with E-state index in [1.54, 1.807) is 0 Å². The van der Waals surface area contributed by atoms with Crippen molar-refractivity contribution >= 4 is 11.9 Å². The normalized spacial score (nSPS) is 12.8. The highest BCUT2D eigenvalue weighted by atomic mass is 16.6. The van der Waals surface area contributed by atoms with Gasteiger partial charge in [0.15, 0.2) is 6.10 Å². The second-order valence-corrected chi connectivity index (χ2v) is 17.4. The van der Waals surface area contributed by atoms with E-state index in [4.69, 9.17) is 14.2 Å². The van der Waals surface area contributed by atoms with Crippen molar-refractivity contribution in [2.24, 2.45) is 0 Å². The van der Waals surface area contributed by atoms with Crippen LogP contribution >= 0.6 is 0 Å². The number of rotatable bonds is 48. The Morgan fingerprint density at radius 1 is 0.371 bits per heavy atom. The lowest BCUT2D eigenvalue weighted by molar-refractivity contribution is -0.163. The largest absolute Gasteiger partial charge is 0.462 e. The zero-order valence-corrected chi connectivity index (χ0v) is 41.1. The average Bonchev–Trinajstić information content (AvgIpc) is 3.27. The minimum absolute atomic E-state index is 0.0650. The summed E-state index contributed by atoms with van der Waals surface area (Å²) in [5.74, 6) is -0.425. The van der Waals surface area contributed by atoms with Crippen molar-refractivity contribution in [2.45, 2.75) is 258 Å². The van der Waals surface area contributed by atoms with Gasteiger partial charge < -0.3 is 14.2 Å². The summed E-state index contributed by atoms with van der Waals surface area (Å²) in [6.07, 6.45) is 67.7. The molecular weight excluding hydrogens is 765 g/mol. The Balaban J connectivity index is 4.34. The molecular formula is C57H100O5. The van der Waals surface area contributed by atoms with Crippen LogP contribution in [-0.2, 0) is 23.8 Å². The van der Waals surface area contributed by atoms with Crippen molar-refractivity contribution < 1.29 is 23.8 Å². The van der Waals surface area contributed by atoms with Gasteiger partial charge in [-0.25, -0.2) is 0 Å². The van der Waals surface area contributed by atoms with Crippen LogP contribution in [0.5, 0.6) is 0 Å². The summed E-state index contributed by atoms with van der Waals surface area (Å²) >= 11 is 0. The summed E-state index contributed by atoms with van der Waals surface area (Å²) in [4.78, 5) is 25.4. The molecule has 358 valence electrons. The second-order valence-electron chi connectivity index (χ2n) is 17.4.